The Bertz CT molecular complexity index is 1130. The molecule has 4 heterocycles. The molecule has 1 unspecified atom stereocenters. The van der Waals surface area contributed by atoms with Crippen molar-refractivity contribution < 1.29 is 18.3 Å². The topological polar surface area (TPSA) is 84.6 Å². The van der Waals surface area contributed by atoms with Gasteiger partial charge in [0.1, 0.15) is 22.3 Å². The summed E-state index contributed by atoms with van der Waals surface area (Å²) in [5.41, 5.74) is 0.772. The molecule has 0 radical (unpaired) electrons. The number of alkyl halides is 2. The van der Waals surface area contributed by atoms with Crippen molar-refractivity contribution in [1.29, 1.82) is 0 Å². The summed E-state index contributed by atoms with van der Waals surface area (Å²) in [6.45, 7) is 4.92. The number of ether oxygens (including phenoxy) is 1. The number of carbonyl (C=O) groups is 1. The van der Waals surface area contributed by atoms with Crippen LogP contribution in [0.5, 0.6) is 0 Å². The number of hydrogen-bond donors (Lipinski definition) is 1. The van der Waals surface area contributed by atoms with Gasteiger partial charge in [0.2, 0.25) is 0 Å². The van der Waals surface area contributed by atoms with Gasteiger partial charge in [-0.05, 0) is 45.0 Å². The first-order valence-corrected chi connectivity index (χ1v) is 10.0. The number of hydrogen-bond acceptors (Lipinski definition) is 6. The number of nitrogens with zero attached hydrogens (tertiary/aromatic N) is 5. The Morgan fingerprint density at radius 1 is 1.29 bits per heavy atom. The number of imidazole rings is 1. The average molecular weight is 451 g/mol. The summed E-state index contributed by atoms with van der Waals surface area (Å²) in [4.78, 5) is 22.1. The van der Waals surface area contributed by atoms with Gasteiger partial charge in [-0.3, -0.25) is 4.90 Å². The van der Waals surface area contributed by atoms with Crippen LogP contribution in [-0.2, 0) is 4.74 Å². The molecule has 11 heteroatoms. The monoisotopic (exact) mass is 450 g/mol. The fourth-order valence-electron chi connectivity index (χ4n) is 3.29. The molecule has 164 valence electrons. The Morgan fingerprint density at radius 2 is 2.06 bits per heavy atom. The maximum atomic E-state index is 14.6. The van der Waals surface area contributed by atoms with Crippen molar-refractivity contribution in [3.8, 4) is 11.4 Å². The van der Waals surface area contributed by atoms with E-state index in [9.17, 15) is 13.6 Å². The SMILES string of the molecule is CC(C)(C)OC(=O)N1CCC(F)(F)C1Nc1cccc(-c2cnc3ccc(Cl)nn23)n1. The van der Waals surface area contributed by atoms with Crippen LogP contribution < -0.4 is 5.32 Å². The highest BCUT2D eigenvalue weighted by atomic mass is 35.5. The van der Waals surface area contributed by atoms with Gasteiger partial charge in [-0.25, -0.2) is 28.1 Å². The third-order valence-corrected chi connectivity index (χ3v) is 4.85. The smallest absolute Gasteiger partial charge is 0.412 e. The Balaban J connectivity index is 1.62. The van der Waals surface area contributed by atoms with Crippen molar-refractivity contribution in [2.75, 3.05) is 11.9 Å². The zero-order valence-electron chi connectivity index (χ0n) is 17.1. The molecule has 0 aromatic carbocycles. The van der Waals surface area contributed by atoms with Gasteiger partial charge in [0, 0.05) is 13.0 Å². The summed E-state index contributed by atoms with van der Waals surface area (Å²) in [5.74, 6) is -2.97. The van der Waals surface area contributed by atoms with Crippen molar-refractivity contribution in [2.24, 2.45) is 0 Å². The van der Waals surface area contributed by atoms with Gasteiger partial charge in [0.15, 0.2) is 11.8 Å². The first kappa shape index (κ1) is 21.2. The minimum Gasteiger partial charge on any atom is -0.444 e. The standard InChI is InChI=1S/C20H21ClF2N6O2/c1-19(2,3)31-18(30)28-10-9-20(22,23)17(28)26-15-6-4-5-12(25-15)13-11-24-16-8-7-14(21)27-29(13)16/h4-8,11,17H,9-10H2,1-3H3,(H,25,26). The lowest BCUT2D eigenvalue weighted by Crippen LogP contribution is -2.49. The summed E-state index contributed by atoms with van der Waals surface area (Å²) in [6.07, 6.45) is -1.29. The third-order valence-electron chi connectivity index (χ3n) is 4.65. The largest absolute Gasteiger partial charge is 0.444 e. The van der Waals surface area contributed by atoms with E-state index in [2.05, 4.69) is 20.4 Å². The normalized spacial score (nSPS) is 18.4. The van der Waals surface area contributed by atoms with E-state index in [4.69, 9.17) is 16.3 Å². The van der Waals surface area contributed by atoms with E-state index in [0.29, 0.717) is 17.0 Å². The molecule has 3 aromatic rings. The number of carbonyl (C=O) groups excluding carboxylic acids is 1. The highest BCUT2D eigenvalue weighted by molar-refractivity contribution is 6.29. The number of rotatable bonds is 3. The summed E-state index contributed by atoms with van der Waals surface area (Å²) in [6, 6.07) is 8.25. The molecule has 1 saturated heterocycles. The molecule has 1 N–H and O–H groups in total. The minimum atomic E-state index is -3.15. The molecule has 1 aliphatic heterocycles. The Morgan fingerprint density at radius 3 is 2.81 bits per heavy atom. The first-order valence-electron chi connectivity index (χ1n) is 9.65. The average Bonchev–Trinajstić information content (AvgIpc) is 3.21. The van der Waals surface area contributed by atoms with Crippen LogP contribution >= 0.6 is 11.6 Å². The molecule has 4 rings (SSSR count). The molecule has 1 fully saturated rings. The summed E-state index contributed by atoms with van der Waals surface area (Å²) < 4.78 is 36.0. The molecule has 3 aromatic heterocycles. The number of likely N-dealkylation sites (tertiary alicyclic amines) is 1. The molecule has 0 aliphatic carbocycles. The number of anilines is 1. The summed E-state index contributed by atoms with van der Waals surface area (Å²) >= 11 is 5.98. The van der Waals surface area contributed by atoms with E-state index in [-0.39, 0.29) is 17.5 Å². The second-order valence-corrected chi connectivity index (χ2v) is 8.60. The molecule has 0 spiro atoms. The number of nitrogens with one attached hydrogen (secondary N) is 1. The van der Waals surface area contributed by atoms with Crippen molar-refractivity contribution in [2.45, 2.75) is 44.9 Å². The molecular formula is C20H21ClF2N6O2. The van der Waals surface area contributed by atoms with Crippen molar-refractivity contribution in [1.82, 2.24) is 24.5 Å². The summed E-state index contributed by atoms with van der Waals surface area (Å²) in [7, 11) is 0. The van der Waals surface area contributed by atoms with Crippen LogP contribution in [0.4, 0.5) is 19.4 Å². The van der Waals surface area contributed by atoms with Crippen LogP contribution in [0.25, 0.3) is 17.0 Å². The van der Waals surface area contributed by atoms with Gasteiger partial charge in [-0.15, -0.1) is 0 Å². The lowest BCUT2D eigenvalue weighted by atomic mass is 10.2. The molecule has 1 aliphatic rings. The van der Waals surface area contributed by atoms with Crippen LogP contribution in [0.1, 0.15) is 27.2 Å². The van der Waals surface area contributed by atoms with Crippen LogP contribution in [0.3, 0.4) is 0 Å². The maximum absolute atomic E-state index is 14.6. The Kier molecular flexibility index (Phi) is 5.20. The van der Waals surface area contributed by atoms with E-state index in [1.165, 1.54) is 4.52 Å². The van der Waals surface area contributed by atoms with Crippen LogP contribution in [0, 0.1) is 0 Å². The molecule has 8 nitrogen and oxygen atoms in total. The second-order valence-electron chi connectivity index (χ2n) is 8.21. The lowest BCUT2D eigenvalue weighted by Gasteiger charge is -2.31. The van der Waals surface area contributed by atoms with Gasteiger partial charge in [-0.1, -0.05) is 17.7 Å². The van der Waals surface area contributed by atoms with Gasteiger partial charge < -0.3 is 10.1 Å². The number of fused-ring (bicyclic) bond motifs is 1. The highest BCUT2D eigenvalue weighted by Gasteiger charge is 2.52. The molecule has 0 bridgehead atoms. The molecule has 31 heavy (non-hydrogen) atoms. The maximum Gasteiger partial charge on any atom is 0.412 e. The van der Waals surface area contributed by atoms with Gasteiger partial charge in [0.25, 0.3) is 5.92 Å². The van der Waals surface area contributed by atoms with E-state index in [0.717, 1.165) is 4.90 Å². The quantitative estimate of drug-likeness (QED) is 0.634. The molecule has 1 amide bonds. The van der Waals surface area contributed by atoms with Gasteiger partial charge >= 0.3 is 6.09 Å². The van der Waals surface area contributed by atoms with Gasteiger partial charge in [-0.2, -0.15) is 5.10 Å². The predicted octanol–water partition coefficient (Wildman–Crippen LogP) is 4.46. The third kappa shape index (κ3) is 4.39. The van der Waals surface area contributed by atoms with Crippen LogP contribution in [0.15, 0.2) is 36.5 Å². The number of halogens is 3. The second kappa shape index (κ2) is 7.60. The van der Waals surface area contributed by atoms with E-state index in [1.54, 1.807) is 57.3 Å². The van der Waals surface area contributed by atoms with Crippen molar-refractivity contribution in [3.05, 3.63) is 41.7 Å². The molecular weight excluding hydrogens is 430 g/mol. The van der Waals surface area contributed by atoms with E-state index < -0.39 is 30.2 Å². The number of amides is 1. The molecule has 0 saturated carbocycles. The van der Waals surface area contributed by atoms with Crippen LogP contribution in [-0.4, -0.2) is 54.8 Å². The number of aromatic nitrogens is 4. The Labute approximate surface area is 182 Å². The fraction of sp³-hybridized carbons (Fsp3) is 0.400. The predicted molar refractivity (Wildman–Crippen MR) is 111 cm³/mol. The van der Waals surface area contributed by atoms with Crippen LogP contribution in [0.2, 0.25) is 5.15 Å². The summed E-state index contributed by atoms with van der Waals surface area (Å²) in [5, 5.41) is 7.18. The number of pyridine rings is 1. The van der Waals surface area contributed by atoms with Gasteiger partial charge in [0.05, 0.1) is 11.9 Å². The minimum absolute atomic E-state index is 0.130. The Hall–Kier alpha value is -3.01. The lowest BCUT2D eigenvalue weighted by molar-refractivity contribution is -0.0313. The van der Waals surface area contributed by atoms with E-state index >= 15 is 0 Å². The molecule has 1 atom stereocenters. The zero-order chi connectivity index (χ0) is 22.4. The highest BCUT2D eigenvalue weighted by Crippen LogP contribution is 2.35. The fourth-order valence-corrected chi connectivity index (χ4v) is 3.43. The first-order chi connectivity index (χ1) is 14.5. The van der Waals surface area contributed by atoms with Crippen molar-refractivity contribution >= 4 is 29.2 Å². The van der Waals surface area contributed by atoms with E-state index in [1.807, 2.05) is 0 Å². The van der Waals surface area contributed by atoms with Crippen molar-refractivity contribution in [3.63, 3.8) is 0 Å². The zero-order valence-corrected chi connectivity index (χ0v) is 17.9.